The molecule has 0 aliphatic heterocycles. The van der Waals surface area contributed by atoms with E-state index in [1.54, 1.807) is 0 Å². The summed E-state index contributed by atoms with van der Waals surface area (Å²) in [6.45, 7) is 11.1. The predicted molar refractivity (Wildman–Crippen MR) is 216 cm³/mol. The minimum Gasteiger partial charge on any atom is -0.309 e. The average molecular weight is 642 g/mol. The topological polar surface area (TPSA) is 4.93 Å². The normalized spacial score (nSPS) is 11.7. The third-order valence-electron chi connectivity index (χ3n) is 10.1. The molecule has 8 aromatic rings. The predicted octanol–water partition coefficient (Wildman–Crippen LogP) is 13.5. The molecular weight excluding hydrogens is 603 g/mol. The van der Waals surface area contributed by atoms with Crippen LogP contribution in [0, 0.1) is 13.8 Å². The summed E-state index contributed by atoms with van der Waals surface area (Å²) in [6, 6.07) is 59.0. The van der Waals surface area contributed by atoms with Crippen LogP contribution in [-0.2, 0) is 0 Å². The fraction of sp³-hybridized carbons (Fsp3) is 0.0612. The third-order valence-corrected chi connectivity index (χ3v) is 10.1. The number of rotatable bonds is 7. The number of hydrogen-bond donors (Lipinski definition) is 0. The van der Waals surface area contributed by atoms with E-state index in [0.29, 0.717) is 0 Å². The maximum absolute atomic E-state index is 4.50. The van der Waals surface area contributed by atoms with Crippen molar-refractivity contribution >= 4 is 33.0 Å². The van der Waals surface area contributed by atoms with Gasteiger partial charge in [0, 0.05) is 16.5 Å². The van der Waals surface area contributed by atoms with E-state index in [1.807, 2.05) is 0 Å². The number of allylic oxidation sites excluding steroid dienone is 3. The van der Waals surface area contributed by atoms with E-state index in [-0.39, 0.29) is 0 Å². The summed E-state index contributed by atoms with van der Waals surface area (Å²) in [6.07, 6.45) is 2.20. The molecule has 0 saturated heterocycles. The molecule has 0 amide bonds. The number of fused-ring (bicyclic) bond motifs is 3. The SMILES string of the molecule is C=C(/C=C(\C)c1ccccc1)c1cccc(-c2cccc(-c3ccc4c(c3)c3cc(-c5ccccc5)ccc3n4-c3ccccc3)c2C)c1C. The van der Waals surface area contributed by atoms with Crippen LogP contribution in [0.5, 0.6) is 0 Å². The average Bonchev–Trinajstić information content (AvgIpc) is 3.49. The molecule has 0 radical (unpaired) electrons. The quantitative estimate of drug-likeness (QED) is 0.153. The summed E-state index contributed by atoms with van der Waals surface area (Å²) in [5, 5.41) is 2.50. The lowest BCUT2D eigenvalue weighted by Gasteiger charge is -2.17. The van der Waals surface area contributed by atoms with Crippen LogP contribution in [0.4, 0.5) is 0 Å². The summed E-state index contributed by atoms with van der Waals surface area (Å²) in [7, 11) is 0. The Kier molecular flexibility index (Phi) is 8.11. The molecule has 240 valence electrons. The van der Waals surface area contributed by atoms with Crippen LogP contribution in [0.25, 0.3) is 72.0 Å². The van der Waals surface area contributed by atoms with Gasteiger partial charge in [0.2, 0.25) is 0 Å². The fourth-order valence-electron chi connectivity index (χ4n) is 7.50. The molecule has 0 bridgehead atoms. The zero-order valence-electron chi connectivity index (χ0n) is 28.8. The monoisotopic (exact) mass is 641 g/mol. The molecule has 50 heavy (non-hydrogen) atoms. The second-order valence-electron chi connectivity index (χ2n) is 13.2. The van der Waals surface area contributed by atoms with Crippen molar-refractivity contribution < 1.29 is 0 Å². The van der Waals surface area contributed by atoms with Gasteiger partial charge in [0.25, 0.3) is 0 Å². The molecule has 0 atom stereocenters. The molecule has 1 aromatic heterocycles. The maximum Gasteiger partial charge on any atom is 0.0541 e. The molecule has 0 N–H and O–H groups in total. The molecule has 0 saturated carbocycles. The van der Waals surface area contributed by atoms with E-state index < -0.39 is 0 Å². The molecule has 0 aliphatic rings. The molecule has 8 rings (SSSR count). The van der Waals surface area contributed by atoms with Gasteiger partial charge in [0.1, 0.15) is 0 Å². The molecule has 1 nitrogen and oxygen atoms in total. The standard InChI is InChI=1S/C49H39N/c1-33(37-16-8-5-9-17-37)30-34(2)42-22-14-24-44(35(42)3)45-25-15-23-43(36(45)4)40-27-29-49-47(32-40)46-31-39(38-18-10-6-11-19-38)26-28-48(46)50(49)41-20-12-7-13-21-41/h5-32H,2H2,1,3-4H3/b33-30+. The van der Waals surface area contributed by atoms with Gasteiger partial charge in [-0.15, -0.1) is 0 Å². The Balaban J connectivity index is 1.24. The fourth-order valence-corrected chi connectivity index (χ4v) is 7.50. The lowest BCUT2D eigenvalue weighted by molar-refractivity contribution is 1.18. The van der Waals surface area contributed by atoms with Crippen LogP contribution in [0.3, 0.4) is 0 Å². The smallest absolute Gasteiger partial charge is 0.0541 e. The van der Waals surface area contributed by atoms with Crippen molar-refractivity contribution in [2.24, 2.45) is 0 Å². The lowest BCUT2D eigenvalue weighted by atomic mass is 9.87. The van der Waals surface area contributed by atoms with Gasteiger partial charge >= 0.3 is 0 Å². The van der Waals surface area contributed by atoms with Gasteiger partial charge in [0.05, 0.1) is 11.0 Å². The van der Waals surface area contributed by atoms with Crippen LogP contribution in [0.1, 0.15) is 29.2 Å². The molecule has 1 heterocycles. The van der Waals surface area contributed by atoms with Crippen molar-refractivity contribution in [3.05, 3.63) is 199 Å². The number of benzene rings is 7. The van der Waals surface area contributed by atoms with E-state index in [9.17, 15) is 0 Å². The highest BCUT2D eigenvalue weighted by Crippen LogP contribution is 2.40. The Hall–Kier alpha value is -6.18. The summed E-state index contributed by atoms with van der Waals surface area (Å²) < 4.78 is 2.39. The van der Waals surface area contributed by atoms with E-state index >= 15 is 0 Å². The second kappa shape index (κ2) is 13.0. The highest BCUT2D eigenvalue weighted by Gasteiger charge is 2.17. The third kappa shape index (κ3) is 5.57. The van der Waals surface area contributed by atoms with E-state index in [2.05, 4.69) is 202 Å². The van der Waals surface area contributed by atoms with E-state index in [4.69, 9.17) is 0 Å². The lowest BCUT2D eigenvalue weighted by Crippen LogP contribution is -1.95. The van der Waals surface area contributed by atoms with Crippen LogP contribution in [-0.4, -0.2) is 4.57 Å². The molecular formula is C49H39N. The largest absolute Gasteiger partial charge is 0.309 e. The summed E-state index contributed by atoms with van der Waals surface area (Å²) >= 11 is 0. The molecule has 0 unspecified atom stereocenters. The number of para-hydroxylation sites is 1. The number of nitrogens with zero attached hydrogens (tertiary/aromatic N) is 1. The van der Waals surface area contributed by atoms with Gasteiger partial charge in [-0.3, -0.25) is 0 Å². The van der Waals surface area contributed by atoms with E-state index in [1.165, 1.54) is 83.0 Å². The van der Waals surface area contributed by atoms with Crippen LogP contribution < -0.4 is 0 Å². The molecule has 0 spiro atoms. The molecule has 0 fully saturated rings. The van der Waals surface area contributed by atoms with Crippen molar-refractivity contribution in [2.75, 3.05) is 0 Å². The molecule has 7 aromatic carbocycles. The molecule has 0 aliphatic carbocycles. The van der Waals surface area contributed by atoms with Crippen LogP contribution >= 0.6 is 0 Å². The minimum absolute atomic E-state index is 1.02. The number of aromatic nitrogens is 1. The van der Waals surface area contributed by atoms with Gasteiger partial charge in [0.15, 0.2) is 0 Å². The van der Waals surface area contributed by atoms with Crippen LogP contribution in [0.15, 0.2) is 176 Å². The van der Waals surface area contributed by atoms with Gasteiger partial charge in [-0.05, 0) is 124 Å². The number of hydrogen-bond acceptors (Lipinski definition) is 0. The summed E-state index contributed by atoms with van der Waals surface area (Å²) in [4.78, 5) is 0. The Morgan fingerprint density at radius 2 is 1.04 bits per heavy atom. The Labute approximate surface area is 295 Å². The zero-order valence-corrected chi connectivity index (χ0v) is 28.8. The van der Waals surface area contributed by atoms with Gasteiger partial charge < -0.3 is 4.57 Å². The van der Waals surface area contributed by atoms with Crippen molar-refractivity contribution in [1.82, 2.24) is 4.57 Å². The Morgan fingerprint density at radius 1 is 0.500 bits per heavy atom. The highest BCUT2D eigenvalue weighted by atomic mass is 15.0. The van der Waals surface area contributed by atoms with Crippen molar-refractivity contribution in [1.29, 1.82) is 0 Å². The Bertz CT molecular complexity index is 2550. The van der Waals surface area contributed by atoms with Gasteiger partial charge in [-0.2, -0.15) is 0 Å². The van der Waals surface area contributed by atoms with Gasteiger partial charge in [-0.25, -0.2) is 0 Å². The van der Waals surface area contributed by atoms with Crippen LogP contribution in [0.2, 0.25) is 0 Å². The first-order valence-electron chi connectivity index (χ1n) is 17.3. The summed E-state index contributed by atoms with van der Waals surface area (Å²) in [5.41, 5.74) is 18.1. The van der Waals surface area contributed by atoms with Crippen molar-refractivity contribution in [2.45, 2.75) is 20.8 Å². The van der Waals surface area contributed by atoms with Crippen molar-refractivity contribution in [3.8, 4) is 39.1 Å². The zero-order chi connectivity index (χ0) is 34.2. The Morgan fingerprint density at radius 3 is 1.72 bits per heavy atom. The summed E-state index contributed by atoms with van der Waals surface area (Å²) in [5.74, 6) is 0. The minimum atomic E-state index is 1.02. The first-order valence-corrected chi connectivity index (χ1v) is 17.3. The first kappa shape index (κ1) is 31.1. The van der Waals surface area contributed by atoms with Gasteiger partial charge in [-0.1, -0.05) is 140 Å². The first-order chi connectivity index (χ1) is 24.5. The maximum atomic E-state index is 4.50. The van der Waals surface area contributed by atoms with Crippen molar-refractivity contribution in [3.63, 3.8) is 0 Å². The molecule has 1 heteroatoms. The van der Waals surface area contributed by atoms with E-state index in [0.717, 1.165) is 11.3 Å². The second-order valence-corrected chi connectivity index (χ2v) is 13.2. The highest BCUT2D eigenvalue weighted by molar-refractivity contribution is 6.11.